The highest BCUT2D eigenvalue weighted by molar-refractivity contribution is 5.75. The summed E-state index contributed by atoms with van der Waals surface area (Å²) in [5.41, 5.74) is 0.832. The van der Waals surface area contributed by atoms with E-state index in [0.29, 0.717) is 38.7 Å². The first-order valence-electron chi connectivity index (χ1n) is 7.63. The van der Waals surface area contributed by atoms with Gasteiger partial charge in [0.25, 0.3) is 0 Å². The number of morpholine rings is 1. The van der Waals surface area contributed by atoms with Gasteiger partial charge in [-0.2, -0.15) is 4.80 Å². The number of tetrazole rings is 1. The average Bonchev–Trinajstić information content (AvgIpc) is 3.05. The summed E-state index contributed by atoms with van der Waals surface area (Å²) in [4.78, 5) is 15.2. The van der Waals surface area contributed by atoms with Crippen LogP contribution in [-0.4, -0.2) is 63.9 Å². The van der Waals surface area contributed by atoms with Crippen molar-refractivity contribution < 1.29 is 14.3 Å². The first-order valence-corrected chi connectivity index (χ1v) is 7.63. The number of carbonyl (C=O) groups is 1. The number of nitrogens with zero attached hydrogens (tertiary/aromatic N) is 5. The SMILES string of the molecule is CCOc1ccc(-c2nnn(CC(=O)N3CCOCC3)n2)cc1. The van der Waals surface area contributed by atoms with Crippen LogP contribution in [0.5, 0.6) is 5.75 Å². The van der Waals surface area contributed by atoms with E-state index in [0.717, 1.165) is 11.3 Å². The zero-order valence-corrected chi connectivity index (χ0v) is 13.0. The maximum atomic E-state index is 12.2. The lowest BCUT2D eigenvalue weighted by molar-refractivity contribution is -0.136. The molecule has 1 saturated heterocycles. The third-order valence-electron chi connectivity index (χ3n) is 3.52. The molecule has 1 aliphatic rings. The third-order valence-corrected chi connectivity index (χ3v) is 3.52. The number of amides is 1. The lowest BCUT2D eigenvalue weighted by Crippen LogP contribution is -2.42. The van der Waals surface area contributed by atoms with Gasteiger partial charge in [-0.3, -0.25) is 4.79 Å². The van der Waals surface area contributed by atoms with E-state index in [9.17, 15) is 4.79 Å². The van der Waals surface area contributed by atoms with Crippen molar-refractivity contribution >= 4 is 5.91 Å². The van der Waals surface area contributed by atoms with Gasteiger partial charge in [0.2, 0.25) is 11.7 Å². The molecule has 0 spiro atoms. The van der Waals surface area contributed by atoms with Crippen molar-refractivity contribution in [1.82, 2.24) is 25.1 Å². The van der Waals surface area contributed by atoms with Gasteiger partial charge in [-0.05, 0) is 36.4 Å². The monoisotopic (exact) mass is 317 g/mol. The molecule has 0 saturated carbocycles. The fourth-order valence-electron chi connectivity index (χ4n) is 2.33. The van der Waals surface area contributed by atoms with E-state index in [1.165, 1.54) is 4.80 Å². The van der Waals surface area contributed by atoms with Gasteiger partial charge in [-0.15, -0.1) is 10.2 Å². The molecule has 0 aliphatic carbocycles. The smallest absolute Gasteiger partial charge is 0.246 e. The first kappa shape index (κ1) is 15.4. The van der Waals surface area contributed by atoms with Crippen LogP contribution in [0.4, 0.5) is 0 Å². The summed E-state index contributed by atoms with van der Waals surface area (Å²) in [6.45, 7) is 5.02. The molecule has 2 aromatic rings. The molecule has 0 N–H and O–H groups in total. The summed E-state index contributed by atoms with van der Waals surface area (Å²) in [6.07, 6.45) is 0. The van der Waals surface area contributed by atoms with Gasteiger partial charge in [0.15, 0.2) is 0 Å². The van der Waals surface area contributed by atoms with Gasteiger partial charge in [0.05, 0.1) is 19.8 Å². The Morgan fingerprint density at radius 2 is 2.00 bits per heavy atom. The van der Waals surface area contributed by atoms with Crippen LogP contribution in [0.25, 0.3) is 11.4 Å². The van der Waals surface area contributed by atoms with Crippen LogP contribution in [0.1, 0.15) is 6.92 Å². The molecule has 1 amide bonds. The van der Waals surface area contributed by atoms with Crippen molar-refractivity contribution in [1.29, 1.82) is 0 Å². The number of hydrogen-bond acceptors (Lipinski definition) is 6. The zero-order chi connectivity index (χ0) is 16.1. The van der Waals surface area contributed by atoms with Crippen LogP contribution in [0.3, 0.4) is 0 Å². The molecule has 3 rings (SSSR count). The Hall–Kier alpha value is -2.48. The highest BCUT2D eigenvalue weighted by Gasteiger charge is 2.18. The van der Waals surface area contributed by atoms with Crippen LogP contribution in [-0.2, 0) is 16.1 Å². The van der Waals surface area contributed by atoms with Crippen molar-refractivity contribution in [2.45, 2.75) is 13.5 Å². The average molecular weight is 317 g/mol. The van der Waals surface area contributed by atoms with Crippen molar-refractivity contribution in [3.05, 3.63) is 24.3 Å². The van der Waals surface area contributed by atoms with Gasteiger partial charge >= 0.3 is 0 Å². The maximum Gasteiger partial charge on any atom is 0.246 e. The highest BCUT2D eigenvalue weighted by atomic mass is 16.5. The molecule has 23 heavy (non-hydrogen) atoms. The van der Waals surface area contributed by atoms with Crippen LogP contribution < -0.4 is 4.74 Å². The van der Waals surface area contributed by atoms with E-state index in [4.69, 9.17) is 9.47 Å². The second kappa shape index (κ2) is 7.19. The predicted molar refractivity (Wildman–Crippen MR) is 81.8 cm³/mol. The molecular weight excluding hydrogens is 298 g/mol. The van der Waals surface area contributed by atoms with E-state index in [-0.39, 0.29) is 12.5 Å². The topological polar surface area (TPSA) is 82.4 Å². The van der Waals surface area contributed by atoms with Gasteiger partial charge in [-0.25, -0.2) is 0 Å². The zero-order valence-electron chi connectivity index (χ0n) is 13.0. The van der Waals surface area contributed by atoms with Crippen LogP contribution >= 0.6 is 0 Å². The summed E-state index contributed by atoms with van der Waals surface area (Å²) >= 11 is 0. The molecule has 1 fully saturated rings. The minimum atomic E-state index is -0.0241. The lowest BCUT2D eigenvalue weighted by Gasteiger charge is -2.26. The van der Waals surface area contributed by atoms with Crippen molar-refractivity contribution in [2.75, 3.05) is 32.9 Å². The summed E-state index contributed by atoms with van der Waals surface area (Å²) in [7, 11) is 0. The number of hydrogen-bond donors (Lipinski definition) is 0. The molecule has 0 radical (unpaired) electrons. The summed E-state index contributed by atoms with van der Waals surface area (Å²) < 4.78 is 10.6. The van der Waals surface area contributed by atoms with Crippen molar-refractivity contribution in [3.63, 3.8) is 0 Å². The quantitative estimate of drug-likeness (QED) is 0.803. The first-order chi connectivity index (χ1) is 11.3. The van der Waals surface area contributed by atoms with Crippen LogP contribution in [0.15, 0.2) is 24.3 Å². The van der Waals surface area contributed by atoms with E-state index < -0.39 is 0 Å². The molecule has 1 aromatic heterocycles. The fourth-order valence-corrected chi connectivity index (χ4v) is 2.33. The van der Waals surface area contributed by atoms with E-state index >= 15 is 0 Å². The number of benzene rings is 1. The Morgan fingerprint density at radius 1 is 1.26 bits per heavy atom. The Kier molecular flexibility index (Phi) is 4.82. The fraction of sp³-hybridized carbons (Fsp3) is 0.467. The molecule has 1 aromatic carbocycles. The van der Waals surface area contributed by atoms with E-state index in [2.05, 4.69) is 15.4 Å². The van der Waals surface area contributed by atoms with Crippen molar-refractivity contribution in [3.8, 4) is 17.1 Å². The van der Waals surface area contributed by atoms with Crippen LogP contribution in [0, 0.1) is 0 Å². The minimum Gasteiger partial charge on any atom is -0.494 e. The number of ether oxygens (including phenoxy) is 2. The van der Waals surface area contributed by atoms with E-state index in [1.807, 2.05) is 31.2 Å². The van der Waals surface area contributed by atoms with Gasteiger partial charge in [0.1, 0.15) is 12.3 Å². The minimum absolute atomic E-state index is 0.0241. The second-order valence-electron chi connectivity index (χ2n) is 5.09. The molecule has 2 heterocycles. The summed E-state index contributed by atoms with van der Waals surface area (Å²) in [6, 6.07) is 7.46. The Morgan fingerprint density at radius 3 is 2.70 bits per heavy atom. The molecule has 0 bridgehead atoms. The number of carbonyl (C=O) groups excluding carboxylic acids is 1. The molecule has 122 valence electrons. The Bertz CT molecular complexity index is 649. The Balaban J connectivity index is 1.64. The molecule has 8 heteroatoms. The molecular formula is C15H19N5O3. The molecule has 0 unspecified atom stereocenters. The third kappa shape index (κ3) is 3.84. The van der Waals surface area contributed by atoms with Gasteiger partial charge < -0.3 is 14.4 Å². The second-order valence-corrected chi connectivity index (χ2v) is 5.09. The normalized spacial score (nSPS) is 14.7. The summed E-state index contributed by atoms with van der Waals surface area (Å²) in [5, 5.41) is 12.2. The Labute approximate surface area is 134 Å². The number of rotatable bonds is 5. The highest BCUT2D eigenvalue weighted by Crippen LogP contribution is 2.18. The van der Waals surface area contributed by atoms with Crippen molar-refractivity contribution in [2.24, 2.45) is 0 Å². The molecule has 0 atom stereocenters. The van der Waals surface area contributed by atoms with E-state index in [1.54, 1.807) is 4.90 Å². The summed E-state index contributed by atoms with van der Waals surface area (Å²) in [5.74, 6) is 1.26. The number of aromatic nitrogens is 4. The standard InChI is InChI=1S/C15H19N5O3/c1-2-23-13-5-3-12(4-6-13)15-16-18-20(17-15)11-14(21)19-7-9-22-10-8-19/h3-6H,2,7-11H2,1H3. The lowest BCUT2D eigenvalue weighted by atomic mass is 10.2. The predicted octanol–water partition coefficient (Wildman–Crippen LogP) is 0.598. The largest absolute Gasteiger partial charge is 0.494 e. The van der Waals surface area contributed by atoms with Gasteiger partial charge in [0, 0.05) is 18.7 Å². The van der Waals surface area contributed by atoms with Gasteiger partial charge in [-0.1, -0.05) is 0 Å². The molecule has 8 nitrogen and oxygen atoms in total. The molecule has 1 aliphatic heterocycles. The van der Waals surface area contributed by atoms with Crippen LogP contribution in [0.2, 0.25) is 0 Å². The maximum absolute atomic E-state index is 12.2.